The number of ether oxygens (including phenoxy) is 4. The van der Waals surface area contributed by atoms with Gasteiger partial charge in [0.1, 0.15) is 36.3 Å². The summed E-state index contributed by atoms with van der Waals surface area (Å²) < 4.78 is 22.1. The molecule has 5 aromatic rings. The molecular weight excluding hydrogens is 853 g/mol. The predicted octanol–water partition coefficient (Wildman–Crippen LogP) is 8.26. The molecule has 2 aromatic heterocycles. The van der Waals surface area contributed by atoms with E-state index in [1.807, 2.05) is 24.9 Å². The number of amides is 3. The van der Waals surface area contributed by atoms with Gasteiger partial charge < -0.3 is 49.6 Å². The molecule has 4 aliphatic heterocycles. The Kier molecular flexibility index (Phi) is 12.6. The molecule has 16 heteroatoms. The van der Waals surface area contributed by atoms with Crippen molar-refractivity contribution in [2.45, 2.75) is 134 Å². The molecule has 1 saturated carbocycles. The maximum atomic E-state index is 14.4. The molecule has 0 bridgehead atoms. The van der Waals surface area contributed by atoms with Crippen molar-refractivity contribution in [1.82, 2.24) is 40.4 Å². The Labute approximate surface area is 390 Å². The molecule has 16 nitrogen and oxygen atoms in total. The molecule has 0 radical (unpaired) electrons. The molecular formula is C51H64N8O8. The average molecular weight is 917 g/mol. The highest BCUT2D eigenvalue weighted by Crippen LogP contribution is 2.49. The van der Waals surface area contributed by atoms with Crippen LogP contribution in [0.1, 0.15) is 114 Å². The van der Waals surface area contributed by atoms with Gasteiger partial charge in [0.05, 0.1) is 55.3 Å². The minimum Gasteiger partial charge on any atom is -0.488 e. The molecule has 356 valence electrons. The molecule has 0 spiro atoms. The van der Waals surface area contributed by atoms with Gasteiger partial charge in [-0.25, -0.2) is 19.6 Å². The van der Waals surface area contributed by atoms with Crippen LogP contribution >= 0.6 is 0 Å². The van der Waals surface area contributed by atoms with Gasteiger partial charge in [0, 0.05) is 36.2 Å². The van der Waals surface area contributed by atoms with Crippen LogP contribution in [0.2, 0.25) is 0 Å². The summed E-state index contributed by atoms with van der Waals surface area (Å²) in [5.74, 6) is 2.64. The topological polar surface area (TPSA) is 196 Å². The summed E-state index contributed by atoms with van der Waals surface area (Å²) in [7, 11) is 2.67. The second-order valence-electron chi connectivity index (χ2n) is 19.4. The number of likely N-dealkylation sites (tertiary alicyclic amines) is 2. The first-order valence-electron chi connectivity index (χ1n) is 24.4. The van der Waals surface area contributed by atoms with Crippen LogP contribution in [-0.4, -0.2) is 111 Å². The number of imidazole rings is 2. The Hall–Kier alpha value is -5.71. The summed E-state index contributed by atoms with van der Waals surface area (Å²) in [5.41, 5.74) is 6.78. The van der Waals surface area contributed by atoms with Crippen LogP contribution in [0.25, 0.3) is 44.2 Å². The van der Waals surface area contributed by atoms with E-state index in [1.165, 1.54) is 14.2 Å². The molecule has 3 amide bonds. The van der Waals surface area contributed by atoms with E-state index >= 15 is 0 Å². The number of benzene rings is 3. The third kappa shape index (κ3) is 8.28. The molecule has 5 N–H and O–H groups in total. The van der Waals surface area contributed by atoms with Gasteiger partial charge >= 0.3 is 12.2 Å². The second-order valence-corrected chi connectivity index (χ2v) is 19.4. The van der Waals surface area contributed by atoms with Gasteiger partial charge in [-0.15, -0.1) is 0 Å². The fourth-order valence-corrected chi connectivity index (χ4v) is 12.1. The third-order valence-corrected chi connectivity index (χ3v) is 15.8. The molecule has 1 unspecified atom stereocenters. The number of hydrogen-bond donors (Lipinski definition) is 5. The Balaban J connectivity index is 0.910. The zero-order valence-electron chi connectivity index (χ0n) is 39.2. The number of methoxy groups -OCH3 is 2. The Morgan fingerprint density at radius 1 is 0.910 bits per heavy atom. The first-order valence-corrected chi connectivity index (χ1v) is 24.4. The van der Waals surface area contributed by atoms with E-state index in [4.69, 9.17) is 28.9 Å². The van der Waals surface area contributed by atoms with E-state index in [-0.39, 0.29) is 41.9 Å². The summed E-state index contributed by atoms with van der Waals surface area (Å²) in [6.45, 7) is 7.74. The number of carbonyl (C=O) groups is 3. The minimum absolute atomic E-state index is 0.0430. The summed E-state index contributed by atoms with van der Waals surface area (Å²) in [6, 6.07) is 13.5. The van der Waals surface area contributed by atoms with Gasteiger partial charge in [-0.2, -0.15) is 0 Å². The lowest BCUT2D eigenvalue weighted by molar-refractivity contribution is -0.138. The summed E-state index contributed by atoms with van der Waals surface area (Å²) in [4.78, 5) is 60.9. The number of hydrogen-bond acceptors (Lipinski definition) is 11. The SMILES string of the molecule is CC[C@H]1CC[C@@H](c2nc3c(ccc4cc5c(cc43)OCc3cc(-c4cnc([C@@H]6C[C@@H]7CCC[C@@H]7N6C(=O)[C@@H](NC(=O)OC)[C@@H](C)CC)[nH]4)ccc3-5)[nH]2)N1C(O)[C@@H](NC(=O)OC)C1CCOCC1. The Morgan fingerprint density at radius 2 is 1.72 bits per heavy atom. The fraction of sp³-hybridized carbons (Fsp3) is 0.549. The highest BCUT2D eigenvalue weighted by Gasteiger charge is 2.50. The smallest absolute Gasteiger partial charge is 0.407 e. The van der Waals surface area contributed by atoms with Gasteiger partial charge in [0.15, 0.2) is 0 Å². The van der Waals surface area contributed by atoms with E-state index < -0.39 is 30.5 Å². The van der Waals surface area contributed by atoms with Crippen LogP contribution in [-0.2, 0) is 25.6 Å². The van der Waals surface area contributed by atoms with Crippen molar-refractivity contribution in [2.75, 3.05) is 27.4 Å². The molecule has 1 aliphatic carbocycles. The van der Waals surface area contributed by atoms with Crippen molar-refractivity contribution in [3.63, 3.8) is 0 Å². The van der Waals surface area contributed by atoms with Crippen molar-refractivity contribution < 1.29 is 38.4 Å². The molecule has 9 atom stereocenters. The van der Waals surface area contributed by atoms with Crippen LogP contribution in [0.4, 0.5) is 9.59 Å². The fourth-order valence-electron chi connectivity index (χ4n) is 12.1. The molecule has 5 aliphatic rings. The number of carbonyl (C=O) groups excluding carboxylic acids is 3. The number of aromatic nitrogens is 4. The van der Waals surface area contributed by atoms with Crippen molar-refractivity contribution in [3.05, 3.63) is 65.9 Å². The number of aromatic amines is 2. The molecule has 10 rings (SSSR count). The molecule has 4 fully saturated rings. The molecule has 6 heterocycles. The summed E-state index contributed by atoms with van der Waals surface area (Å²) in [6.07, 6.45) is 8.49. The van der Waals surface area contributed by atoms with E-state index in [9.17, 15) is 19.5 Å². The van der Waals surface area contributed by atoms with Gasteiger partial charge in [-0.1, -0.05) is 51.8 Å². The van der Waals surface area contributed by atoms with E-state index in [0.717, 1.165) is 131 Å². The predicted molar refractivity (Wildman–Crippen MR) is 252 cm³/mol. The maximum Gasteiger partial charge on any atom is 0.407 e. The number of alkyl carbamates (subject to hydrolysis) is 2. The van der Waals surface area contributed by atoms with Gasteiger partial charge in [0.25, 0.3) is 0 Å². The quantitative estimate of drug-likeness (QED) is 0.0808. The van der Waals surface area contributed by atoms with Crippen molar-refractivity contribution in [1.29, 1.82) is 0 Å². The number of aliphatic hydroxyl groups is 1. The number of rotatable bonds is 12. The van der Waals surface area contributed by atoms with E-state index in [2.05, 4.69) is 74.9 Å². The normalized spacial score (nSPS) is 24.6. The molecule has 3 saturated heterocycles. The second kappa shape index (κ2) is 18.8. The van der Waals surface area contributed by atoms with Gasteiger partial charge in [-0.3, -0.25) is 9.69 Å². The van der Waals surface area contributed by atoms with Crippen LogP contribution in [0.3, 0.4) is 0 Å². The summed E-state index contributed by atoms with van der Waals surface area (Å²) in [5, 5.41) is 20.0. The number of H-pyrrole nitrogens is 2. The zero-order valence-corrected chi connectivity index (χ0v) is 39.2. The van der Waals surface area contributed by atoms with Crippen molar-refractivity contribution in [3.8, 4) is 28.1 Å². The number of fused-ring (bicyclic) bond motifs is 7. The lowest BCUT2D eigenvalue weighted by Gasteiger charge is -2.41. The standard InChI is InChI=1S/C51H64N8O8/c1-6-27(3)43(56-50(62)64-4)48(60)59-39-10-8-9-31(39)23-41(59)46-52-25-38(54-46)30-11-14-34-32(21-30)26-67-42-24-35-29(22-36(34)42)12-15-37-45(35)55-47(53-37)40-16-13-33(7-2)58(40)49(61)44(57-51(63)65-5)28-17-19-66-20-18-28/h11-12,14-15,21-22,24-25,27-28,31,33,39-41,43-44,49,61H,6-10,13,16-20,23,26H2,1-5H3,(H,52,54)(H,53,55)(H,56,62)(H,57,63)/t27-,31-,33-,39-,40-,41-,43-,44-,49?/m0/s1. The number of aliphatic hydroxyl groups excluding tert-OH is 1. The van der Waals surface area contributed by atoms with E-state index in [1.54, 1.807) is 0 Å². The third-order valence-electron chi connectivity index (χ3n) is 15.8. The first kappa shape index (κ1) is 45.1. The van der Waals surface area contributed by atoms with E-state index in [0.29, 0.717) is 25.7 Å². The average Bonchev–Trinajstić information content (AvgIpc) is 4.22. The van der Waals surface area contributed by atoms with Crippen LogP contribution in [0, 0.1) is 17.8 Å². The Bertz CT molecular complexity index is 2640. The number of nitrogens with zero attached hydrogens (tertiary/aromatic N) is 4. The van der Waals surface area contributed by atoms with Crippen LogP contribution in [0.5, 0.6) is 5.75 Å². The number of nitrogens with one attached hydrogen (secondary N) is 4. The van der Waals surface area contributed by atoms with Crippen LogP contribution < -0.4 is 15.4 Å². The van der Waals surface area contributed by atoms with Crippen LogP contribution in [0.15, 0.2) is 48.7 Å². The first-order chi connectivity index (χ1) is 32.6. The lowest BCUT2D eigenvalue weighted by atomic mass is 9.89. The monoisotopic (exact) mass is 916 g/mol. The lowest BCUT2D eigenvalue weighted by Crippen LogP contribution is -2.57. The summed E-state index contributed by atoms with van der Waals surface area (Å²) >= 11 is 0. The highest BCUT2D eigenvalue weighted by molar-refractivity contribution is 6.07. The molecule has 67 heavy (non-hydrogen) atoms. The molecule has 3 aromatic carbocycles. The highest BCUT2D eigenvalue weighted by atomic mass is 16.5. The zero-order chi connectivity index (χ0) is 46.5. The van der Waals surface area contributed by atoms with Crippen molar-refractivity contribution in [2.24, 2.45) is 17.8 Å². The van der Waals surface area contributed by atoms with Crippen molar-refractivity contribution >= 4 is 39.9 Å². The maximum absolute atomic E-state index is 14.4. The largest absolute Gasteiger partial charge is 0.488 e. The Morgan fingerprint density at radius 3 is 2.49 bits per heavy atom. The van der Waals surface area contributed by atoms with Gasteiger partial charge in [0.2, 0.25) is 5.91 Å². The minimum atomic E-state index is -0.945. The van der Waals surface area contributed by atoms with Gasteiger partial charge in [-0.05, 0) is 115 Å².